The molecular weight excluding hydrogens is 547 g/mol. The molecule has 1 heterocycles. The molecule has 2 atom stereocenters. The van der Waals surface area contributed by atoms with Crippen molar-refractivity contribution in [2.75, 3.05) is 11.5 Å². The average Bonchev–Trinajstić information content (AvgIpc) is 2.81. The number of hydrogen-bond donors (Lipinski definition) is 2. The number of hydrogen-bond acceptors (Lipinski definition) is 9. The molecule has 3 aromatic rings. The van der Waals surface area contributed by atoms with Crippen LogP contribution in [0.2, 0.25) is 0 Å². The predicted octanol–water partition coefficient (Wildman–Crippen LogP) is 6.46. The third-order valence-electron chi connectivity index (χ3n) is 4.36. The molecule has 0 spiro atoms. The Morgan fingerprint density at radius 2 is 1.45 bits per heavy atom. The van der Waals surface area contributed by atoms with Gasteiger partial charge < -0.3 is 30.3 Å². The standard InChI is InChI=1S/C24H38N5O6P3/c1-15(2)30-22-14-13-21(23(26)24(22)31-16(3)4)35-37-27-36-28(32-17(5)6)38(34-18(7)8)29(37)33-20-12-10-9-11-19(20)25/h9-18H,25-26H2,1-8H3. The van der Waals surface area contributed by atoms with Gasteiger partial charge in [-0.2, -0.15) is 0 Å². The van der Waals surface area contributed by atoms with E-state index in [4.69, 9.17) is 44.2 Å². The number of anilines is 2. The monoisotopic (exact) mass is 585 g/mol. The summed E-state index contributed by atoms with van der Waals surface area (Å²) in [5, 5.41) is 0. The second-order valence-corrected chi connectivity index (χ2v) is 13.7. The van der Waals surface area contributed by atoms with E-state index in [0.717, 1.165) is 0 Å². The van der Waals surface area contributed by atoms with E-state index < -0.39 is 16.2 Å². The minimum atomic E-state index is -1.77. The molecule has 4 N–H and O–H groups in total. The van der Waals surface area contributed by atoms with Crippen LogP contribution in [0.15, 0.2) is 36.4 Å². The van der Waals surface area contributed by atoms with Gasteiger partial charge in [-0.1, -0.05) is 16.4 Å². The molecule has 0 amide bonds. The molecule has 0 aliphatic heterocycles. The van der Waals surface area contributed by atoms with Crippen LogP contribution in [0.25, 0.3) is 0 Å². The maximum atomic E-state index is 6.55. The Morgan fingerprint density at radius 1 is 0.789 bits per heavy atom. The van der Waals surface area contributed by atoms with Gasteiger partial charge in [-0.05, 0) is 79.7 Å². The zero-order chi connectivity index (χ0) is 28.0. The molecular formula is C24H38N5O6P3. The Balaban J connectivity index is 2.16. The third-order valence-corrected chi connectivity index (χ3v) is 9.26. The number of para-hydroxylation sites is 2. The van der Waals surface area contributed by atoms with Crippen LogP contribution in [0.3, 0.4) is 0 Å². The van der Waals surface area contributed by atoms with Gasteiger partial charge >= 0.3 is 8.08 Å². The van der Waals surface area contributed by atoms with Crippen molar-refractivity contribution in [1.82, 2.24) is 13.0 Å². The van der Waals surface area contributed by atoms with Gasteiger partial charge in [0.25, 0.3) is 8.08 Å². The number of aromatic nitrogens is 3. The van der Waals surface area contributed by atoms with Crippen molar-refractivity contribution >= 4 is 36.0 Å². The smallest absolute Gasteiger partial charge is 0.304 e. The van der Waals surface area contributed by atoms with E-state index in [1.54, 1.807) is 32.8 Å². The number of rotatable bonds is 12. The number of benzene rings is 2. The fourth-order valence-electron chi connectivity index (χ4n) is 2.99. The topological polar surface area (TPSA) is 130 Å². The zero-order valence-electron chi connectivity index (χ0n) is 23.1. The summed E-state index contributed by atoms with van der Waals surface area (Å²) in [4.78, 5) is 12.3. The Kier molecular flexibility index (Phi) is 10.7. The summed E-state index contributed by atoms with van der Waals surface area (Å²) in [7, 11) is -2.88. The highest BCUT2D eigenvalue weighted by Crippen LogP contribution is 2.46. The summed E-state index contributed by atoms with van der Waals surface area (Å²) in [6, 6.07) is 10.7. The van der Waals surface area contributed by atoms with E-state index >= 15 is 0 Å². The van der Waals surface area contributed by atoms with Gasteiger partial charge in [0.05, 0.1) is 30.1 Å². The second-order valence-electron chi connectivity index (χ2n) is 9.36. The molecule has 38 heavy (non-hydrogen) atoms. The highest BCUT2D eigenvalue weighted by atomic mass is 31.2. The summed E-state index contributed by atoms with van der Waals surface area (Å²) in [5.74, 6) is 1.78. The number of nitrogen functional groups attached to an aromatic ring is 2. The van der Waals surface area contributed by atoms with Gasteiger partial charge in [0.1, 0.15) is 5.69 Å². The van der Waals surface area contributed by atoms with Crippen LogP contribution >= 0.6 is 24.7 Å². The predicted molar refractivity (Wildman–Crippen MR) is 154 cm³/mol. The highest BCUT2D eigenvalue weighted by Gasteiger charge is 2.23. The zero-order valence-corrected chi connectivity index (χ0v) is 25.7. The summed E-state index contributed by atoms with van der Waals surface area (Å²) < 4.78 is 32.6. The fraction of sp³-hybridized carbons (Fsp3) is 0.500. The van der Waals surface area contributed by atoms with Gasteiger partial charge in [-0.25, -0.2) is 0 Å². The van der Waals surface area contributed by atoms with Crippen LogP contribution in [0.5, 0.6) is 23.0 Å². The maximum Gasteiger partial charge on any atom is 0.304 e. The lowest BCUT2D eigenvalue weighted by atomic mass is 10.2. The Bertz CT molecular complexity index is 1250. The summed E-state index contributed by atoms with van der Waals surface area (Å²) in [6.07, 6.45) is -0.420. The molecule has 0 saturated carbocycles. The number of ether oxygens (including phenoxy) is 2. The molecule has 0 radical (unpaired) electrons. The van der Waals surface area contributed by atoms with Crippen LogP contribution < -0.4 is 39.7 Å². The molecule has 2 aromatic carbocycles. The lowest BCUT2D eigenvalue weighted by molar-refractivity contribution is 0.0893. The molecule has 1 aromatic heterocycles. The second kappa shape index (κ2) is 13.5. The van der Waals surface area contributed by atoms with E-state index in [0.29, 0.717) is 42.9 Å². The third kappa shape index (κ3) is 7.98. The quantitative estimate of drug-likeness (QED) is 0.230. The van der Waals surface area contributed by atoms with Crippen molar-refractivity contribution in [3.8, 4) is 23.0 Å². The molecule has 210 valence electrons. The maximum absolute atomic E-state index is 6.55. The van der Waals surface area contributed by atoms with Crippen LogP contribution in [-0.4, -0.2) is 37.4 Å². The van der Waals surface area contributed by atoms with Gasteiger partial charge in [0.2, 0.25) is 0 Å². The van der Waals surface area contributed by atoms with Crippen molar-refractivity contribution < 1.29 is 28.2 Å². The van der Waals surface area contributed by atoms with Crippen molar-refractivity contribution in [2.45, 2.75) is 79.8 Å². The first kappa shape index (κ1) is 30.0. The van der Waals surface area contributed by atoms with E-state index in [-0.39, 0.29) is 24.4 Å². The summed E-state index contributed by atoms with van der Waals surface area (Å²) in [5.41, 5.74) is 13.5. The van der Waals surface area contributed by atoms with E-state index in [1.807, 2.05) is 67.5 Å². The molecule has 11 nitrogen and oxygen atoms in total. The molecule has 0 fully saturated rings. The van der Waals surface area contributed by atoms with Crippen molar-refractivity contribution in [3.63, 3.8) is 0 Å². The minimum absolute atomic E-state index is 0.0592. The first-order chi connectivity index (χ1) is 18.0. The molecule has 2 unspecified atom stereocenters. The van der Waals surface area contributed by atoms with E-state index in [1.165, 1.54) is 0 Å². The van der Waals surface area contributed by atoms with Crippen molar-refractivity contribution in [2.24, 2.45) is 0 Å². The Morgan fingerprint density at radius 3 is 2.05 bits per heavy atom. The molecule has 14 heteroatoms. The van der Waals surface area contributed by atoms with Crippen molar-refractivity contribution in [1.29, 1.82) is 0 Å². The molecule has 0 aliphatic carbocycles. The van der Waals surface area contributed by atoms with Crippen LogP contribution in [0, 0.1) is 0 Å². The molecule has 0 saturated heterocycles. The van der Waals surface area contributed by atoms with Gasteiger partial charge in [0.15, 0.2) is 31.5 Å². The summed E-state index contributed by atoms with van der Waals surface area (Å²) >= 11 is 0. The Labute approximate surface area is 227 Å². The minimum Gasteiger partial charge on any atom is -0.487 e. The normalized spacial score (nSPS) is 12.6. The van der Waals surface area contributed by atoms with Gasteiger partial charge in [-0.3, -0.25) is 9.36 Å². The first-order valence-electron chi connectivity index (χ1n) is 12.4. The molecule has 0 aliphatic rings. The largest absolute Gasteiger partial charge is 0.487 e. The first-order valence-corrected chi connectivity index (χ1v) is 15.5. The average molecular weight is 586 g/mol. The summed E-state index contributed by atoms with van der Waals surface area (Å²) in [6.45, 7) is 15.5. The van der Waals surface area contributed by atoms with Crippen LogP contribution in [0.1, 0.15) is 55.4 Å². The van der Waals surface area contributed by atoms with Gasteiger partial charge in [0, 0.05) is 0 Å². The molecule has 0 bridgehead atoms. The van der Waals surface area contributed by atoms with E-state index in [9.17, 15) is 0 Å². The van der Waals surface area contributed by atoms with Gasteiger partial charge in [-0.15, -0.1) is 8.76 Å². The SMILES string of the molecule is CC(C)Oc1ccc(Op2npn(OC(C)C)p(OC(C)C)n2Oc2ccccc2N)c(N)c1OC(C)C. The number of nitrogens with zero attached hydrogens (tertiary/aromatic N) is 3. The lowest BCUT2D eigenvalue weighted by Crippen LogP contribution is -2.23. The highest BCUT2D eigenvalue weighted by molar-refractivity contribution is 7.56. The Hall–Kier alpha value is -2.54. The fourth-order valence-corrected chi connectivity index (χ4v) is 8.28. The lowest BCUT2D eigenvalue weighted by Gasteiger charge is -2.23. The molecule has 3 rings (SSSR count). The van der Waals surface area contributed by atoms with Crippen molar-refractivity contribution in [3.05, 3.63) is 36.4 Å². The van der Waals surface area contributed by atoms with Crippen LogP contribution in [-0.2, 0) is 0 Å². The number of nitrogens with two attached hydrogens (primary N) is 2. The van der Waals surface area contributed by atoms with E-state index in [2.05, 4.69) is 0 Å². The van der Waals surface area contributed by atoms with Crippen LogP contribution in [0.4, 0.5) is 11.4 Å².